The van der Waals surface area contributed by atoms with Crippen LogP contribution in [0.25, 0.3) is 0 Å². The first-order chi connectivity index (χ1) is 9.03. The first-order valence-electron chi connectivity index (χ1n) is 6.67. The molecule has 2 heterocycles. The smallest absolute Gasteiger partial charge is 0.148 e. The van der Waals surface area contributed by atoms with Crippen molar-refractivity contribution in [3.05, 3.63) is 10.8 Å². The Morgan fingerprint density at radius 3 is 2.95 bits per heavy atom. The standard InChI is InChI=1S/C13H21BrN4O/c1-4-5-15-11-10(14)12(17-9-16-11)18-6-7-19-13(2,3)8-18/h9H,4-8H2,1-3H3,(H,15,16,17). The molecule has 0 radical (unpaired) electrons. The number of hydrogen-bond acceptors (Lipinski definition) is 5. The van der Waals surface area contributed by atoms with Gasteiger partial charge >= 0.3 is 0 Å². The van der Waals surface area contributed by atoms with Gasteiger partial charge in [0.15, 0.2) is 0 Å². The van der Waals surface area contributed by atoms with E-state index in [1.807, 2.05) is 0 Å². The Hall–Kier alpha value is -0.880. The van der Waals surface area contributed by atoms with Crippen molar-refractivity contribution >= 4 is 27.6 Å². The minimum absolute atomic E-state index is 0.139. The summed E-state index contributed by atoms with van der Waals surface area (Å²) in [7, 11) is 0. The first kappa shape index (κ1) is 14.5. The highest BCUT2D eigenvalue weighted by Gasteiger charge is 2.29. The topological polar surface area (TPSA) is 50.3 Å². The van der Waals surface area contributed by atoms with Crippen LogP contribution in [-0.2, 0) is 4.74 Å². The molecule has 0 saturated carbocycles. The van der Waals surface area contributed by atoms with Crippen molar-refractivity contribution in [2.75, 3.05) is 36.5 Å². The van der Waals surface area contributed by atoms with E-state index in [1.165, 1.54) is 0 Å². The fraction of sp³-hybridized carbons (Fsp3) is 0.692. The van der Waals surface area contributed by atoms with Crippen molar-refractivity contribution in [2.24, 2.45) is 0 Å². The average Bonchev–Trinajstić information content (AvgIpc) is 2.36. The van der Waals surface area contributed by atoms with Crippen molar-refractivity contribution in [3.8, 4) is 0 Å². The highest BCUT2D eigenvalue weighted by atomic mass is 79.9. The predicted molar refractivity (Wildman–Crippen MR) is 80.8 cm³/mol. The van der Waals surface area contributed by atoms with E-state index in [-0.39, 0.29) is 5.60 Å². The van der Waals surface area contributed by atoms with E-state index >= 15 is 0 Å². The lowest BCUT2D eigenvalue weighted by Crippen LogP contribution is -2.48. The summed E-state index contributed by atoms with van der Waals surface area (Å²) in [5.74, 6) is 1.79. The average molecular weight is 329 g/mol. The Balaban J connectivity index is 2.19. The fourth-order valence-corrected chi connectivity index (χ4v) is 2.74. The second-order valence-electron chi connectivity index (χ2n) is 5.32. The van der Waals surface area contributed by atoms with E-state index in [4.69, 9.17) is 4.74 Å². The summed E-state index contributed by atoms with van der Waals surface area (Å²) in [4.78, 5) is 10.9. The number of halogens is 1. The van der Waals surface area contributed by atoms with E-state index in [9.17, 15) is 0 Å². The van der Waals surface area contributed by atoms with Crippen LogP contribution in [0, 0.1) is 0 Å². The van der Waals surface area contributed by atoms with E-state index in [0.717, 1.165) is 48.8 Å². The SMILES string of the molecule is CCCNc1ncnc(N2CCOC(C)(C)C2)c1Br. The van der Waals surface area contributed by atoms with Gasteiger partial charge in [0.1, 0.15) is 22.4 Å². The molecule has 1 aromatic heterocycles. The monoisotopic (exact) mass is 328 g/mol. The van der Waals surface area contributed by atoms with Crippen LogP contribution in [0.2, 0.25) is 0 Å². The van der Waals surface area contributed by atoms with Crippen LogP contribution < -0.4 is 10.2 Å². The van der Waals surface area contributed by atoms with Gasteiger partial charge < -0.3 is 15.0 Å². The van der Waals surface area contributed by atoms with Crippen molar-refractivity contribution < 1.29 is 4.74 Å². The molecule has 0 bridgehead atoms. The number of nitrogens with one attached hydrogen (secondary N) is 1. The summed E-state index contributed by atoms with van der Waals surface area (Å²) in [6, 6.07) is 0. The second kappa shape index (κ2) is 6.05. The maximum atomic E-state index is 5.74. The maximum absolute atomic E-state index is 5.74. The summed E-state index contributed by atoms with van der Waals surface area (Å²) >= 11 is 3.61. The van der Waals surface area contributed by atoms with E-state index in [2.05, 4.69) is 56.9 Å². The number of rotatable bonds is 4. The third-order valence-electron chi connectivity index (χ3n) is 3.04. The lowest BCUT2D eigenvalue weighted by atomic mass is 10.1. The Bertz CT molecular complexity index is 439. The van der Waals surface area contributed by atoms with Crippen LogP contribution in [0.5, 0.6) is 0 Å². The number of ether oxygens (including phenoxy) is 1. The highest BCUT2D eigenvalue weighted by molar-refractivity contribution is 9.10. The summed E-state index contributed by atoms with van der Waals surface area (Å²) in [5.41, 5.74) is -0.139. The fourth-order valence-electron chi connectivity index (χ4n) is 2.14. The number of anilines is 2. The molecular formula is C13H21BrN4O. The van der Waals surface area contributed by atoms with Crippen molar-refractivity contribution in [1.82, 2.24) is 9.97 Å². The molecule has 0 amide bonds. The van der Waals surface area contributed by atoms with Crippen LogP contribution in [0.1, 0.15) is 27.2 Å². The van der Waals surface area contributed by atoms with Crippen LogP contribution in [0.15, 0.2) is 10.8 Å². The Morgan fingerprint density at radius 1 is 1.47 bits per heavy atom. The molecule has 0 aromatic carbocycles. The third kappa shape index (κ3) is 3.57. The molecule has 1 aromatic rings. The molecule has 1 aliphatic heterocycles. The van der Waals surface area contributed by atoms with Crippen molar-refractivity contribution in [1.29, 1.82) is 0 Å². The van der Waals surface area contributed by atoms with E-state index in [0.29, 0.717) is 0 Å². The third-order valence-corrected chi connectivity index (χ3v) is 3.77. The molecule has 1 fully saturated rings. The molecule has 0 unspecified atom stereocenters. The number of nitrogens with zero attached hydrogens (tertiary/aromatic N) is 3. The molecule has 0 spiro atoms. The zero-order chi connectivity index (χ0) is 13.9. The molecule has 0 aliphatic carbocycles. The van der Waals surface area contributed by atoms with Gasteiger partial charge in [-0.15, -0.1) is 0 Å². The Labute approximate surface area is 122 Å². The predicted octanol–water partition coefficient (Wildman–Crippen LogP) is 2.68. The molecule has 0 atom stereocenters. The number of hydrogen-bond donors (Lipinski definition) is 1. The highest BCUT2D eigenvalue weighted by Crippen LogP contribution is 2.31. The van der Waals surface area contributed by atoms with Crippen molar-refractivity contribution in [2.45, 2.75) is 32.8 Å². The van der Waals surface area contributed by atoms with Gasteiger partial charge in [-0.2, -0.15) is 0 Å². The zero-order valence-corrected chi connectivity index (χ0v) is 13.3. The van der Waals surface area contributed by atoms with Crippen LogP contribution >= 0.6 is 15.9 Å². The van der Waals surface area contributed by atoms with Gasteiger partial charge in [0, 0.05) is 19.6 Å². The van der Waals surface area contributed by atoms with Crippen LogP contribution in [0.4, 0.5) is 11.6 Å². The second-order valence-corrected chi connectivity index (χ2v) is 6.11. The molecular weight excluding hydrogens is 308 g/mol. The molecule has 1 N–H and O–H groups in total. The summed E-state index contributed by atoms with van der Waals surface area (Å²) in [6.07, 6.45) is 2.68. The lowest BCUT2D eigenvalue weighted by molar-refractivity contribution is -0.0279. The number of morpholine rings is 1. The lowest BCUT2D eigenvalue weighted by Gasteiger charge is -2.39. The maximum Gasteiger partial charge on any atom is 0.148 e. The quantitative estimate of drug-likeness (QED) is 0.920. The summed E-state index contributed by atoms with van der Waals surface area (Å²) in [5, 5.41) is 3.31. The van der Waals surface area contributed by atoms with Gasteiger partial charge in [-0.25, -0.2) is 9.97 Å². The molecule has 1 aliphatic rings. The van der Waals surface area contributed by atoms with Crippen LogP contribution in [-0.4, -0.2) is 41.8 Å². The van der Waals surface area contributed by atoms with Gasteiger partial charge in [-0.05, 0) is 36.2 Å². The summed E-state index contributed by atoms with van der Waals surface area (Å²) < 4.78 is 6.67. The van der Waals surface area contributed by atoms with Crippen LogP contribution in [0.3, 0.4) is 0 Å². The molecule has 19 heavy (non-hydrogen) atoms. The first-order valence-corrected chi connectivity index (χ1v) is 7.46. The van der Waals surface area contributed by atoms with Crippen molar-refractivity contribution in [3.63, 3.8) is 0 Å². The van der Waals surface area contributed by atoms with E-state index in [1.54, 1.807) is 6.33 Å². The molecule has 6 heteroatoms. The normalized spacial score (nSPS) is 18.4. The summed E-state index contributed by atoms with van der Waals surface area (Å²) in [6.45, 7) is 9.65. The molecule has 2 rings (SSSR count). The largest absolute Gasteiger partial charge is 0.372 e. The Morgan fingerprint density at radius 2 is 2.26 bits per heavy atom. The van der Waals surface area contributed by atoms with Gasteiger partial charge in [0.05, 0.1) is 12.2 Å². The number of aromatic nitrogens is 2. The minimum Gasteiger partial charge on any atom is -0.372 e. The zero-order valence-electron chi connectivity index (χ0n) is 11.7. The molecule has 106 valence electrons. The van der Waals surface area contributed by atoms with E-state index < -0.39 is 0 Å². The Kier molecular flexibility index (Phi) is 4.62. The van der Waals surface area contributed by atoms with Gasteiger partial charge in [0.2, 0.25) is 0 Å². The minimum atomic E-state index is -0.139. The van der Waals surface area contributed by atoms with Gasteiger partial charge in [-0.1, -0.05) is 6.92 Å². The van der Waals surface area contributed by atoms with Gasteiger partial charge in [0.25, 0.3) is 0 Å². The van der Waals surface area contributed by atoms with Gasteiger partial charge in [-0.3, -0.25) is 0 Å². The molecule has 1 saturated heterocycles. The molecule has 5 nitrogen and oxygen atoms in total.